The molecule has 1 aromatic heterocycles. The summed E-state index contributed by atoms with van der Waals surface area (Å²) in [6.07, 6.45) is 4.65. The zero-order valence-electron chi connectivity index (χ0n) is 13.7. The molecule has 0 bridgehead atoms. The van der Waals surface area contributed by atoms with Crippen LogP contribution >= 0.6 is 0 Å². The molecule has 0 saturated carbocycles. The van der Waals surface area contributed by atoms with Gasteiger partial charge in [-0.25, -0.2) is 18.8 Å². The molecule has 2 rings (SSSR count). The fourth-order valence-electron chi connectivity index (χ4n) is 1.85. The Labute approximate surface area is 140 Å². The van der Waals surface area contributed by atoms with Crippen molar-refractivity contribution in [3.8, 4) is 6.01 Å². The van der Waals surface area contributed by atoms with Gasteiger partial charge < -0.3 is 9.64 Å². The van der Waals surface area contributed by atoms with Crippen LogP contribution in [0.2, 0.25) is 0 Å². The van der Waals surface area contributed by atoms with Crippen LogP contribution in [-0.4, -0.2) is 34.8 Å². The molecular formula is C17H20F2N4O. The Hall–Kier alpha value is -2.57. The molecule has 0 saturated heterocycles. The summed E-state index contributed by atoms with van der Waals surface area (Å²) in [4.78, 5) is 13.6. The van der Waals surface area contributed by atoms with E-state index in [0.29, 0.717) is 0 Å². The van der Waals surface area contributed by atoms with Gasteiger partial charge >= 0.3 is 6.01 Å². The third-order valence-corrected chi connectivity index (χ3v) is 3.23. The molecule has 0 spiro atoms. The molecule has 5 nitrogen and oxygen atoms in total. The van der Waals surface area contributed by atoms with E-state index in [1.165, 1.54) is 18.5 Å². The predicted octanol–water partition coefficient (Wildman–Crippen LogP) is 3.73. The molecule has 0 aliphatic rings. The SMILES string of the molecule is CCCCN(C)C=Nc1nc(OCc2ccc(F)cc2)ncc1F. The first-order valence-corrected chi connectivity index (χ1v) is 7.72. The lowest BCUT2D eigenvalue weighted by molar-refractivity contribution is 0.279. The lowest BCUT2D eigenvalue weighted by Crippen LogP contribution is -2.17. The van der Waals surface area contributed by atoms with Gasteiger partial charge in [0.05, 0.1) is 12.5 Å². The van der Waals surface area contributed by atoms with Crippen LogP contribution in [0, 0.1) is 11.6 Å². The standard InChI is InChI=1S/C17H20F2N4O/c1-3-4-9-23(2)12-21-16-15(19)10-20-17(22-16)24-11-13-5-7-14(18)8-6-13/h5-8,10,12H,3-4,9,11H2,1-2H3. The van der Waals surface area contributed by atoms with E-state index in [4.69, 9.17) is 4.74 Å². The number of hydrogen-bond acceptors (Lipinski definition) is 4. The molecule has 2 aromatic rings. The summed E-state index contributed by atoms with van der Waals surface area (Å²) in [5, 5.41) is 0. The van der Waals surface area contributed by atoms with Gasteiger partial charge in [-0.15, -0.1) is 0 Å². The third-order valence-electron chi connectivity index (χ3n) is 3.23. The maximum Gasteiger partial charge on any atom is 0.318 e. The number of unbranched alkanes of at least 4 members (excludes halogenated alkanes) is 1. The number of hydrogen-bond donors (Lipinski definition) is 0. The lowest BCUT2D eigenvalue weighted by Gasteiger charge is -2.11. The zero-order valence-corrected chi connectivity index (χ0v) is 13.7. The Morgan fingerprint density at radius 2 is 2.00 bits per heavy atom. The van der Waals surface area contributed by atoms with Crippen LogP contribution in [0.1, 0.15) is 25.3 Å². The summed E-state index contributed by atoms with van der Waals surface area (Å²) < 4.78 is 32.0. The second-order valence-electron chi connectivity index (χ2n) is 5.32. The molecule has 0 N–H and O–H groups in total. The Kier molecular flexibility index (Phi) is 6.60. The van der Waals surface area contributed by atoms with Crippen LogP contribution in [0.3, 0.4) is 0 Å². The number of ether oxygens (including phenoxy) is 1. The van der Waals surface area contributed by atoms with Crippen molar-refractivity contribution in [3.63, 3.8) is 0 Å². The summed E-state index contributed by atoms with van der Waals surface area (Å²) in [5.74, 6) is -1.02. The molecule has 0 radical (unpaired) electrons. The zero-order chi connectivity index (χ0) is 17.4. The van der Waals surface area contributed by atoms with Gasteiger partial charge in [-0.05, 0) is 24.1 Å². The van der Waals surface area contributed by atoms with Gasteiger partial charge in [-0.3, -0.25) is 0 Å². The van der Waals surface area contributed by atoms with Crippen LogP contribution in [0.4, 0.5) is 14.6 Å². The summed E-state index contributed by atoms with van der Waals surface area (Å²) in [6.45, 7) is 3.09. The molecule has 0 fully saturated rings. The Balaban J connectivity index is 1.99. The van der Waals surface area contributed by atoms with Crippen LogP contribution in [0.5, 0.6) is 6.01 Å². The van der Waals surface area contributed by atoms with Crippen molar-refractivity contribution >= 4 is 12.2 Å². The van der Waals surface area contributed by atoms with E-state index in [1.807, 2.05) is 11.9 Å². The number of rotatable bonds is 8. The maximum absolute atomic E-state index is 13.7. The minimum absolute atomic E-state index is 0.0177. The molecular weight excluding hydrogens is 314 g/mol. The molecule has 1 aromatic carbocycles. The maximum atomic E-state index is 13.7. The van der Waals surface area contributed by atoms with E-state index in [1.54, 1.807) is 12.1 Å². The van der Waals surface area contributed by atoms with Crippen molar-refractivity contribution in [2.75, 3.05) is 13.6 Å². The molecule has 0 aliphatic heterocycles. The predicted molar refractivity (Wildman–Crippen MR) is 88.4 cm³/mol. The van der Waals surface area contributed by atoms with Crippen molar-refractivity contribution < 1.29 is 13.5 Å². The summed E-state index contributed by atoms with van der Waals surface area (Å²) in [7, 11) is 1.87. The minimum Gasteiger partial charge on any atom is -0.459 e. The molecule has 1 heterocycles. The van der Waals surface area contributed by atoms with E-state index >= 15 is 0 Å². The first-order chi connectivity index (χ1) is 11.6. The highest BCUT2D eigenvalue weighted by atomic mass is 19.1. The normalized spacial score (nSPS) is 11.0. The Morgan fingerprint density at radius 3 is 2.71 bits per heavy atom. The molecule has 24 heavy (non-hydrogen) atoms. The van der Waals surface area contributed by atoms with Crippen LogP contribution < -0.4 is 4.74 Å². The van der Waals surface area contributed by atoms with Crippen molar-refractivity contribution in [1.82, 2.24) is 14.9 Å². The Morgan fingerprint density at radius 1 is 1.25 bits per heavy atom. The molecule has 0 unspecified atom stereocenters. The summed E-state index contributed by atoms with van der Waals surface area (Å²) in [6, 6.07) is 5.89. The average Bonchev–Trinajstić information content (AvgIpc) is 2.59. The van der Waals surface area contributed by atoms with Gasteiger partial charge in [0.25, 0.3) is 0 Å². The van der Waals surface area contributed by atoms with E-state index in [-0.39, 0.29) is 24.3 Å². The van der Waals surface area contributed by atoms with Gasteiger partial charge in [0.2, 0.25) is 0 Å². The second kappa shape index (κ2) is 8.90. The smallest absolute Gasteiger partial charge is 0.318 e. The highest BCUT2D eigenvalue weighted by Gasteiger charge is 2.07. The van der Waals surface area contributed by atoms with Crippen LogP contribution in [0.15, 0.2) is 35.5 Å². The second-order valence-corrected chi connectivity index (χ2v) is 5.32. The first-order valence-electron chi connectivity index (χ1n) is 7.72. The highest BCUT2D eigenvalue weighted by Crippen LogP contribution is 2.17. The fourth-order valence-corrected chi connectivity index (χ4v) is 1.85. The first kappa shape index (κ1) is 17.8. The van der Waals surface area contributed by atoms with Crippen molar-refractivity contribution in [1.29, 1.82) is 0 Å². The van der Waals surface area contributed by atoms with Gasteiger partial charge in [-0.1, -0.05) is 25.5 Å². The monoisotopic (exact) mass is 334 g/mol. The highest BCUT2D eigenvalue weighted by molar-refractivity contribution is 5.59. The van der Waals surface area contributed by atoms with Crippen LogP contribution in [-0.2, 0) is 6.61 Å². The van der Waals surface area contributed by atoms with E-state index in [0.717, 1.165) is 31.1 Å². The molecule has 0 atom stereocenters. The number of benzene rings is 1. The number of aromatic nitrogens is 2. The number of nitrogens with zero attached hydrogens (tertiary/aromatic N) is 4. The number of halogens is 2. The van der Waals surface area contributed by atoms with Crippen molar-refractivity contribution in [2.24, 2.45) is 4.99 Å². The minimum atomic E-state index is -0.621. The quantitative estimate of drug-likeness (QED) is 0.545. The molecule has 128 valence electrons. The van der Waals surface area contributed by atoms with Gasteiger partial charge in [0, 0.05) is 13.6 Å². The third kappa shape index (κ3) is 5.57. The molecule has 0 aliphatic carbocycles. The molecule has 7 heteroatoms. The van der Waals surface area contributed by atoms with Crippen molar-refractivity contribution in [2.45, 2.75) is 26.4 Å². The van der Waals surface area contributed by atoms with E-state index in [2.05, 4.69) is 21.9 Å². The lowest BCUT2D eigenvalue weighted by atomic mass is 10.2. The fraction of sp³-hybridized carbons (Fsp3) is 0.353. The summed E-state index contributed by atoms with van der Waals surface area (Å²) in [5.41, 5.74) is 0.758. The van der Waals surface area contributed by atoms with Gasteiger partial charge in [0.15, 0.2) is 11.6 Å². The summed E-state index contributed by atoms with van der Waals surface area (Å²) >= 11 is 0. The van der Waals surface area contributed by atoms with Gasteiger partial charge in [-0.2, -0.15) is 4.98 Å². The Bertz CT molecular complexity index is 677. The largest absolute Gasteiger partial charge is 0.459 e. The van der Waals surface area contributed by atoms with Crippen molar-refractivity contribution in [3.05, 3.63) is 47.7 Å². The van der Waals surface area contributed by atoms with Gasteiger partial charge in [0.1, 0.15) is 12.4 Å². The average molecular weight is 334 g/mol. The topological polar surface area (TPSA) is 50.6 Å². The molecule has 0 amide bonds. The van der Waals surface area contributed by atoms with E-state index < -0.39 is 5.82 Å². The number of aliphatic imine (C=N–C) groups is 1. The van der Waals surface area contributed by atoms with E-state index in [9.17, 15) is 8.78 Å². The van der Waals surface area contributed by atoms with Crippen LogP contribution in [0.25, 0.3) is 0 Å².